The van der Waals surface area contributed by atoms with Crippen molar-refractivity contribution in [3.05, 3.63) is 28.8 Å². The second-order valence-electron chi connectivity index (χ2n) is 6.08. The summed E-state index contributed by atoms with van der Waals surface area (Å²) in [6.45, 7) is 0. The number of aryl methyl sites for hydroxylation is 1. The molecule has 1 saturated carbocycles. The molecule has 20 heavy (non-hydrogen) atoms. The van der Waals surface area contributed by atoms with E-state index in [0.717, 1.165) is 62.7 Å². The summed E-state index contributed by atoms with van der Waals surface area (Å²) in [5.41, 5.74) is 2.85. The fraction of sp³-hybridized carbons (Fsp3) is 0.588. The minimum absolute atomic E-state index is 0.671. The Bertz CT molecular complexity index is 527. The van der Waals surface area contributed by atoms with Gasteiger partial charge in [-0.15, -0.1) is 0 Å². The van der Waals surface area contributed by atoms with Gasteiger partial charge in [-0.1, -0.05) is 25.3 Å². The average molecular weight is 274 g/mol. The second-order valence-corrected chi connectivity index (χ2v) is 6.08. The van der Waals surface area contributed by atoms with Crippen LogP contribution in [0.4, 0.5) is 0 Å². The Balaban J connectivity index is 2.20. The van der Waals surface area contributed by atoms with Gasteiger partial charge in [-0.3, -0.25) is 4.79 Å². The van der Waals surface area contributed by atoms with Crippen molar-refractivity contribution in [2.45, 2.75) is 56.8 Å². The Hall–Kier alpha value is -1.51. The maximum absolute atomic E-state index is 12.1. The number of aliphatic carboxylic acids is 1. The van der Waals surface area contributed by atoms with E-state index in [2.05, 4.69) is 6.07 Å². The van der Waals surface area contributed by atoms with Gasteiger partial charge in [-0.25, -0.2) is 0 Å². The molecule has 3 heteroatoms. The molecule has 0 atom stereocenters. The maximum atomic E-state index is 12.1. The highest BCUT2D eigenvalue weighted by molar-refractivity contribution is 5.83. The smallest absolute Gasteiger partial charge is 0.314 e. The Morgan fingerprint density at radius 1 is 1.15 bits per heavy atom. The van der Waals surface area contributed by atoms with Crippen molar-refractivity contribution in [1.29, 1.82) is 0 Å². The van der Waals surface area contributed by atoms with Crippen LogP contribution in [0.5, 0.6) is 5.75 Å². The van der Waals surface area contributed by atoms with Crippen LogP contribution >= 0.6 is 0 Å². The van der Waals surface area contributed by atoms with Crippen molar-refractivity contribution in [1.82, 2.24) is 0 Å². The molecular weight excluding hydrogens is 252 g/mol. The molecule has 0 aliphatic heterocycles. The molecule has 0 heterocycles. The predicted molar refractivity (Wildman–Crippen MR) is 77.4 cm³/mol. The molecule has 0 aromatic heterocycles. The lowest BCUT2D eigenvalue weighted by Gasteiger charge is -2.36. The third-order valence-corrected chi connectivity index (χ3v) is 5.06. The van der Waals surface area contributed by atoms with E-state index in [0.29, 0.717) is 0 Å². The minimum Gasteiger partial charge on any atom is -0.496 e. The van der Waals surface area contributed by atoms with Crippen molar-refractivity contribution < 1.29 is 14.6 Å². The van der Waals surface area contributed by atoms with E-state index in [-0.39, 0.29) is 0 Å². The van der Waals surface area contributed by atoms with Crippen LogP contribution < -0.4 is 4.74 Å². The van der Waals surface area contributed by atoms with Gasteiger partial charge in [0.1, 0.15) is 5.75 Å². The van der Waals surface area contributed by atoms with Crippen LogP contribution in [0, 0.1) is 0 Å². The van der Waals surface area contributed by atoms with Gasteiger partial charge in [-0.2, -0.15) is 0 Å². The lowest BCUT2D eigenvalue weighted by molar-refractivity contribution is -0.145. The summed E-state index contributed by atoms with van der Waals surface area (Å²) in [7, 11) is 1.65. The summed E-state index contributed by atoms with van der Waals surface area (Å²) in [6.07, 6.45) is 7.83. The third kappa shape index (κ3) is 1.91. The lowest BCUT2D eigenvalue weighted by atomic mass is 9.67. The minimum atomic E-state index is -0.723. The highest BCUT2D eigenvalue weighted by Gasteiger charge is 2.45. The fourth-order valence-electron chi connectivity index (χ4n) is 4.07. The first-order valence-electron chi connectivity index (χ1n) is 7.62. The van der Waals surface area contributed by atoms with Crippen molar-refractivity contribution in [3.63, 3.8) is 0 Å². The number of carboxylic acid groups (broad SMARTS) is 1. The Labute approximate surface area is 120 Å². The Kier molecular flexibility index (Phi) is 3.45. The number of hydrogen-bond acceptors (Lipinski definition) is 2. The number of carbonyl (C=O) groups is 1. The summed E-state index contributed by atoms with van der Waals surface area (Å²) in [6, 6.07) is 4.09. The Morgan fingerprint density at radius 2 is 1.90 bits per heavy atom. The SMILES string of the molecule is COc1ccc2c(c1C1(C(=O)O)CCCCC1)CCC2. The van der Waals surface area contributed by atoms with E-state index in [4.69, 9.17) is 4.74 Å². The highest BCUT2D eigenvalue weighted by Crippen LogP contribution is 2.47. The zero-order valence-corrected chi connectivity index (χ0v) is 12.1. The summed E-state index contributed by atoms with van der Waals surface area (Å²) in [5, 5.41) is 9.94. The van der Waals surface area contributed by atoms with E-state index in [1.165, 1.54) is 11.1 Å². The van der Waals surface area contributed by atoms with Crippen LogP contribution in [-0.2, 0) is 23.1 Å². The molecule has 0 saturated heterocycles. The van der Waals surface area contributed by atoms with Crippen LogP contribution in [0.2, 0.25) is 0 Å². The number of rotatable bonds is 3. The summed E-state index contributed by atoms with van der Waals surface area (Å²) in [4.78, 5) is 12.1. The number of ether oxygens (including phenoxy) is 1. The monoisotopic (exact) mass is 274 g/mol. The number of hydrogen-bond donors (Lipinski definition) is 1. The molecule has 0 amide bonds. The molecule has 3 nitrogen and oxygen atoms in total. The predicted octanol–water partition coefficient (Wildman–Crippen LogP) is 3.47. The quantitative estimate of drug-likeness (QED) is 0.918. The summed E-state index contributed by atoms with van der Waals surface area (Å²) >= 11 is 0. The molecular formula is C17H22O3. The highest BCUT2D eigenvalue weighted by atomic mass is 16.5. The van der Waals surface area contributed by atoms with Crippen molar-refractivity contribution >= 4 is 5.97 Å². The first-order valence-corrected chi connectivity index (χ1v) is 7.62. The van der Waals surface area contributed by atoms with Gasteiger partial charge in [0.15, 0.2) is 0 Å². The summed E-state index contributed by atoms with van der Waals surface area (Å²) < 4.78 is 5.54. The van der Waals surface area contributed by atoms with Crippen molar-refractivity contribution in [2.24, 2.45) is 0 Å². The van der Waals surface area contributed by atoms with E-state index < -0.39 is 11.4 Å². The molecule has 2 aliphatic rings. The number of carboxylic acids is 1. The lowest BCUT2D eigenvalue weighted by Crippen LogP contribution is -2.39. The molecule has 0 unspecified atom stereocenters. The van der Waals surface area contributed by atoms with Gasteiger partial charge < -0.3 is 9.84 Å². The van der Waals surface area contributed by atoms with Gasteiger partial charge in [0, 0.05) is 5.56 Å². The molecule has 1 aromatic carbocycles. The number of benzene rings is 1. The van der Waals surface area contributed by atoms with Crippen LogP contribution in [0.25, 0.3) is 0 Å². The molecule has 0 bridgehead atoms. The molecule has 1 N–H and O–H groups in total. The summed E-state index contributed by atoms with van der Waals surface area (Å²) in [5.74, 6) is 0.103. The second kappa shape index (κ2) is 5.12. The molecule has 0 radical (unpaired) electrons. The van der Waals surface area contributed by atoms with Gasteiger partial charge in [0.2, 0.25) is 0 Å². The van der Waals surface area contributed by atoms with Gasteiger partial charge in [0.25, 0.3) is 0 Å². The fourth-order valence-corrected chi connectivity index (χ4v) is 4.07. The first kappa shape index (κ1) is 13.5. The third-order valence-electron chi connectivity index (χ3n) is 5.06. The van der Waals surface area contributed by atoms with Crippen molar-refractivity contribution in [3.8, 4) is 5.75 Å². The Morgan fingerprint density at radius 3 is 2.55 bits per heavy atom. The number of methoxy groups -OCH3 is 1. The maximum Gasteiger partial charge on any atom is 0.314 e. The molecule has 108 valence electrons. The zero-order chi connectivity index (χ0) is 14.2. The molecule has 3 rings (SSSR count). The molecule has 2 aliphatic carbocycles. The van der Waals surface area contributed by atoms with Gasteiger partial charge in [-0.05, 0) is 49.3 Å². The van der Waals surface area contributed by atoms with E-state index in [9.17, 15) is 9.90 Å². The van der Waals surface area contributed by atoms with E-state index >= 15 is 0 Å². The van der Waals surface area contributed by atoms with Crippen LogP contribution in [0.15, 0.2) is 12.1 Å². The zero-order valence-electron chi connectivity index (χ0n) is 12.1. The average Bonchev–Trinajstić information content (AvgIpc) is 2.94. The van der Waals surface area contributed by atoms with Gasteiger partial charge >= 0.3 is 5.97 Å². The topological polar surface area (TPSA) is 46.5 Å². The van der Waals surface area contributed by atoms with Crippen LogP contribution in [-0.4, -0.2) is 18.2 Å². The standard InChI is InChI=1S/C17H22O3/c1-20-14-9-8-12-6-5-7-13(12)15(14)17(16(18)19)10-3-2-4-11-17/h8-9H,2-7,10-11H2,1H3,(H,18,19). The molecule has 0 spiro atoms. The first-order chi connectivity index (χ1) is 9.69. The number of fused-ring (bicyclic) bond motifs is 1. The molecule has 1 aromatic rings. The van der Waals surface area contributed by atoms with E-state index in [1.807, 2.05) is 6.07 Å². The van der Waals surface area contributed by atoms with Gasteiger partial charge in [0.05, 0.1) is 12.5 Å². The van der Waals surface area contributed by atoms with Crippen LogP contribution in [0.3, 0.4) is 0 Å². The normalized spacial score (nSPS) is 20.4. The van der Waals surface area contributed by atoms with E-state index in [1.54, 1.807) is 7.11 Å². The molecule has 1 fully saturated rings. The largest absolute Gasteiger partial charge is 0.496 e. The van der Waals surface area contributed by atoms with Crippen molar-refractivity contribution in [2.75, 3.05) is 7.11 Å². The van der Waals surface area contributed by atoms with Crippen LogP contribution in [0.1, 0.15) is 55.2 Å².